The predicted octanol–water partition coefficient (Wildman–Crippen LogP) is 2.19. The molecule has 1 aromatic carbocycles. The van der Waals surface area contributed by atoms with E-state index in [9.17, 15) is 4.79 Å². The SMILES string of the molecule is CC(=O)c1cc(SCC(C)CO)ccc1N. The molecule has 1 unspecified atom stereocenters. The van der Waals surface area contributed by atoms with Gasteiger partial charge in [0.1, 0.15) is 0 Å². The van der Waals surface area contributed by atoms with Crippen LogP contribution in [0, 0.1) is 5.92 Å². The Balaban J connectivity index is 2.75. The lowest BCUT2D eigenvalue weighted by Gasteiger charge is -2.09. The van der Waals surface area contributed by atoms with Gasteiger partial charge in [0, 0.05) is 28.5 Å². The van der Waals surface area contributed by atoms with Crippen LogP contribution in [0.3, 0.4) is 0 Å². The maximum Gasteiger partial charge on any atom is 0.161 e. The molecule has 0 radical (unpaired) electrons. The number of benzene rings is 1. The summed E-state index contributed by atoms with van der Waals surface area (Å²) in [4.78, 5) is 12.3. The number of aliphatic hydroxyl groups excluding tert-OH is 1. The van der Waals surface area contributed by atoms with Gasteiger partial charge in [0.25, 0.3) is 0 Å². The molecule has 0 spiro atoms. The van der Waals surface area contributed by atoms with Gasteiger partial charge in [0.2, 0.25) is 0 Å². The summed E-state index contributed by atoms with van der Waals surface area (Å²) in [5.41, 5.74) is 6.79. The van der Waals surface area contributed by atoms with Crippen molar-refractivity contribution in [2.45, 2.75) is 18.7 Å². The van der Waals surface area contributed by atoms with Crippen molar-refractivity contribution in [1.29, 1.82) is 0 Å². The largest absolute Gasteiger partial charge is 0.398 e. The van der Waals surface area contributed by atoms with Crippen LogP contribution in [-0.4, -0.2) is 23.2 Å². The molecule has 0 heterocycles. The van der Waals surface area contributed by atoms with Crippen molar-refractivity contribution in [2.75, 3.05) is 18.1 Å². The Morgan fingerprint density at radius 2 is 2.25 bits per heavy atom. The van der Waals surface area contributed by atoms with Crippen LogP contribution in [0.5, 0.6) is 0 Å². The summed E-state index contributed by atoms with van der Waals surface area (Å²) in [6.45, 7) is 3.67. The zero-order chi connectivity index (χ0) is 12.1. The molecule has 4 heteroatoms. The van der Waals surface area contributed by atoms with Crippen LogP contribution >= 0.6 is 11.8 Å². The highest BCUT2D eigenvalue weighted by Crippen LogP contribution is 2.24. The van der Waals surface area contributed by atoms with Gasteiger partial charge < -0.3 is 10.8 Å². The third-order valence-electron chi connectivity index (χ3n) is 2.25. The Morgan fingerprint density at radius 3 is 2.81 bits per heavy atom. The fourth-order valence-electron chi connectivity index (χ4n) is 1.22. The van der Waals surface area contributed by atoms with E-state index in [1.165, 1.54) is 6.92 Å². The summed E-state index contributed by atoms with van der Waals surface area (Å²) in [7, 11) is 0. The van der Waals surface area contributed by atoms with Gasteiger partial charge in [-0.25, -0.2) is 0 Å². The van der Waals surface area contributed by atoms with Crippen LogP contribution in [0.15, 0.2) is 23.1 Å². The molecule has 88 valence electrons. The van der Waals surface area contributed by atoms with Gasteiger partial charge in [-0.3, -0.25) is 4.79 Å². The fraction of sp³-hybridized carbons (Fsp3) is 0.417. The van der Waals surface area contributed by atoms with E-state index in [0.29, 0.717) is 11.3 Å². The Kier molecular flexibility index (Phi) is 4.83. The highest BCUT2D eigenvalue weighted by molar-refractivity contribution is 7.99. The molecule has 0 saturated heterocycles. The van der Waals surface area contributed by atoms with E-state index in [2.05, 4.69) is 0 Å². The van der Waals surface area contributed by atoms with Gasteiger partial charge in [-0.15, -0.1) is 11.8 Å². The van der Waals surface area contributed by atoms with Gasteiger partial charge in [0.15, 0.2) is 5.78 Å². The number of thioether (sulfide) groups is 1. The number of carbonyl (C=O) groups is 1. The van der Waals surface area contributed by atoms with Crippen LogP contribution in [0.25, 0.3) is 0 Å². The van der Waals surface area contributed by atoms with E-state index in [0.717, 1.165) is 10.6 Å². The summed E-state index contributed by atoms with van der Waals surface area (Å²) in [6.07, 6.45) is 0. The van der Waals surface area contributed by atoms with E-state index < -0.39 is 0 Å². The van der Waals surface area contributed by atoms with Crippen molar-refractivity contribution < 1.29 is 9.90 Å². The van der Waals surface area contributed by atoms with Gasteiger partial charge >= 0.3 is 0 Å². The van der Waals surface area contributed by atoms with Gasteiger partial charge in [-0.05, 0) is 31.0 Å². The topological polar surface area (TPSA) is 63.3 Å². The van der Waals surface area contributed by atoms with Crippen molar-refractivity contribution in [3.05, 3.63) is 23.8 Å². The van der Waals surface area contributed by atoms with Gasteiger partial charge in [0.05, 0.1) is 0 Å². The molecule has 0 bridgehead atoms. The molecule has 1 rings (SSSR count). The molecule has 16 heavy (non-hydrogen) atoms. The second-order valence-corrected chi connectivity index (χ2v) is 5.00. The molecule has 1 atom stereocenters. The van der Waals surface area contributed by atoms with Crippen molar-refractivity contribution in [3.8, 4) is 0 Å². The molecule has 0 saturated carbocycles. The number of nitrogens with two attached hydrogens (primary N) is 1. The van der Waals surface area contributed by atoms with Crippen LogP contribution in [0.4, 0.5) is 5.69 Å². The van der Waals surface area contributed by atoms with Crippen LogP contribution in [0.2, 0.25) is 0 Å². The van der Waals surface area contributed by atoms with Crippen molar-refractivity contribution in [3.63, 3.8) is 0 Å². The lowest BCUT2D eigenvalue weighted by Crippen LogP contribution is -2.04. The molecular weight excluding hydrogens is 222 g/mol. The van der Waals surface area contributed by atoms with E-state index in [4.69, 9.17) is 10.8 Å². The minimum atomic E-state index is -0.0184. The molecule has 0 aromatic heterocycles. The standard InChI is InChI=1S/C12H17NO2S/c1-8(6-14)7-16-10-3-4-12(13)11(5-10)9(2)15/h3-5,8,14H,6-7,13H2,1-2H3. The third kappa shape index (κ3) is 3.54. The number of anilines is 1. The van der Waals surface area contributed by atoms with Crippen LogP contribution in [0.1, 0.15) is 24.2 Å². The maximum atomic E-state index is 11.3. The molecule has 0 aliphatic heterocycles. The first-order valence-electron chi connectivity index (χ1n) is 5.18. The number of hydrogen-bond acceptors (Lipinski definition) is 4. The van der Waals surface area contributed by atoms with Crippen molar-refractivity contribution in [1.82, 2.24) is 0 Å². The Bertz CT molecular complexity index is 379. The summed E-state index contributed by atoms with van der Waals surface area (Å²) in [6, 6.07) is 5.46. The van der Waals surface area contributed by atoms with E-state index in [1.54, 1.807) is 17.8 Å². The van der Waals surface area contributed by atoms with Gasteiger partial charge in [-0.1, -0.05) is 6.92 Å². The lowest BCUT2D eigenvalue weighted by molar-refractivity contribution is 0.101. The summed E-state index contributed by atoms with van der Waals surface area (Å²) in [5.74, 6) is 1.07. The minimum absolute atomic E-state index is 0.0184. The Labute approximate surface area is 100 Å². The number of Topliss-reactive ketones (excluding diaryl/α,β-unsaturated/α-hetero) is 1. The zero-order valence-electron chi connectivity index (χ0n) is 9.56. The molecule has 3 nitrogen and oxygen atoms in total. The minimum Gasteiger partial charge on any atom is -0.398 e. The highest BCUT2D eigenvalue weighted by Gasteiger charge is 2.07. The maximum absolute atomic E-state index is 11.3. The normalized spacial score (nSPS) is 12.4. The number of aliphatic hydroxyl groups is 1. The summed E-state index contributed by atoms with van der Waals surface area (Å²) >= 11 is 1.63. The number of hydrogen-bond donors (Lipinski definition) is 2. The number of ketones is 1. The molecule has 3 N–H and O–H groups in total. The number of nitrogen functional groups attached to an aromatic ring is 1. The van der Waals surface area contributed by atoms with Crippen LogP contribution in [-0.2, 0) is 0 Å². The van der Waals surface area contributed by atoms with Crippen molar-refractivity contribution >= 4 is 23.2 Å². The zero-order valence-corrected chi connectivity index (χ0v) is 10.4. The predicted molar refractivity (Wildman–Crippen MR) is 67.8 cm³/mol. The highest BCUT2D eigenvalue weighted by atomic mass is 32.2. The monoisotopic (exact) mass is 239 g/mol. The second kappa shape index (κ2) is 5.92. The van der Waals surface area contributed by atoms with E-state index >= 15 is 0 Å². The fourth-order valence-corrected chi connectivity index (χ4v) is 2.17. The van der Waals surface area contributed by atoms with Crippen molar-refractivity contribution in [2.24, 2.45) is 5.92 Å². The van der Waals surface area contributed by atoms with Gasteiger partial charge in [-0.2, -0.15) is 0 Å². The third-order valence-corrected chi connectivity index (χ3v) is 3.57. The Morgan fingerprint density at radius 1 is 1.56 bits per heavy atom. The Hall–Kier alpha value is -1.00. The number of rotatable bonds is 5. The van der Waals surface area contributed by atoms with E-state index in [1.807, 2.05) is 19.1 Å². The number of carbonyl (C=O) groups excluding carboxylic acids is 1. The smallest absolute Gasteiger partial charge is 0.161 e. The first-order chi connectivity index (χ1) is 7.54. The second-order valence-electron chi connectivity index (χ2n) is 3.90. The molecule has 1 aromatic rings. The average Bonchev–Trinajstić information content (AvgIpc) is 2.27. The summed E-state index contributed by atoms with van der Waals surface area (Å²) < 4.78 is 0. The molecule has 0 fully saturated rings. The quantitative estimate of drug-likeness (QED) is 0.469. The molecule has 0 amide bonds. The molecule has 0 aliphatic carbocycles. The molecule has 0 aliphatic rings. The lowest BCUT2D eigenvalue weighted by atomic mass is 10.1. The first-order valence-corrected chi connectivity index (χ1v) is 6.17. The summed E-state index contributed by atoms with van der Waals surface area (Å²) in [5, 5.41) is 8.91. The van der Waals surface area contributed by atoms with E-state index in [-0.39, 0.29) is 18.3 Å². The average molecular weight is 239 g/mol. The van der Waals surface area contributed by atoms with Crippen LogP contribution < -0.4 is 5.73 Å². The molecular formula is C12H17NO2S. The first kappa shape index (κ1) is 13.1.